The topological polar surface area (TPSA) is 49.7 Å². The maximum atomic E-state index is 9.05. The third kappa shape index (κ3) is 3.94. The molecule has 0 aromatic heterocycles. The Balaban J connectivity index is 3.50. The van der Waals surface area contributed by atoms with Gasteiger partial charge in [0.2, 0.25) is 0 Å². The van der Waals surface area contributed by atoms with Crippen LogP contribution in [0.1, 0.15) is 54.0 Å². The zero-order chi connectivity index (χ0) is 15.0. The summed E-state index contributed by atoms with van der Waals surface area (Å²) in [5, 5.41) is 0. The van der Waals surface area contributed by atoms with E-state index in [4.69, 9.17) is 15.7 Å². The number of benzene rings is 1. The molecule has 102 valence electrons. The van der Waals surface area contributed by atoms with Gasteiger partial charge >= 0.3 is 8.60 Å². The quantitative estimate of drug-likeness (QED) is 0.803. The van der Waals surface area contributed by atoms with Gasteiger partial charge in [0.05, 0.1) is 1.37 Å². The molecule has 0 saturated carbocycles. The van der Waals surface area contributed by atoms with Gasteiger partial charge in [0.25, 0.3) is 0 Å². The molecule has 4 heteroatoms. The van der Waals surface area contributed by atoms with Crippen LogP contribution < -0.4 is 4.52 Å². The van der Waals surface area contributed by atoms with Gasteiger partial charge in [-0.25, -0.2) is 0 Å². The van der Waals surface area contributed by atoms with Gasteiger partial charge in [-0.05, 0) is 22.5 Å². The Morgan fingerprint density at radius 3 is 2.00 bits per heavy atom. The first-order valence-electron chi connectivity index (χ1n) is 6.45. The lowest BCUT2D eigenvalue weighted by molar-refractivity contribution is 0.369. The largest absolute Gasteiger partial charge is 0.427 e. The molecule has 0 heterocycles. The molecule has 1 aromatic rings. The van der Waals surface area contributed by atoms with Crippen molar-refractivity contribution in [1.29, 1.82) is 0 Å². The molecule has 0 unspecified atom stereocenters. The molecule has 0 radical (unpaired) electrons. The van der Waals surface area contributed by atoms with Gasteiger partial charge < -0.3 is 14.3 Å². The molecule has 0 aliphatic carbocycles. The molecule has 0 fully saturated rings. The average Bonchev–Trinajstić information content (AvgIpc) is 2.11. The van der Waals surface area contributed by atoms with E-state index in [-0.39, 0.29) is 10.8 Å². The number of rotatable bonds is 2. The van der Waals surface area contributed by atoms with Gasteiger partial charge in [-0.2, -0.15) is 0 Å². The van der Waals surface area contributed by atoms with Crippen LogP contribution in [0.4, 0.5) is 0 Å². The van der Waals surface area contributed by atoms with Crippen LogP contribution in [-0.4, -0.2) is 9.79 Å². The molecule has 0 atom stereocenters. The van der Waals surface area contributed by atoms with Crippen molar-refractivity contribution in [2.24, 2.45) is 0 Å². The van der Waals surface area contributed by atoms with Gasteiger partial charge in [0, 0.05) is 5.56 Å². The Kier molecular flexibility index (Phi) is 3.96. The van der Waals surface area contributed by atoms with Crippen molar-refractivity contribution in [2.75, 3.05) is 0 Å². The van der Waals surface area contributed by atoms with Crippen molar-refractivity contribution < 1.29 is 15.7 Å². The zero-order valence-electron chi connectivity index (χ0n) is 12.9. The van der Waals surface area contributed by atoms with E-state index in [0.717, 1.165) is 5.56 Å². The molecule has 18 heavy (non-hydrogen) atoms. The highest BCUT2D eigenvalue weighted by Gasteiger charge is 2.24. The van der Waals surface area contributed by atoms with E-state index < -0.39 is 8.60 Å². The molecule has 0 aliphatic rings. The predicted octanol–water partition coefficient (Wildman–Crippen LogP) is 3.87. The summed E-state index contributed by atoms with van der Waals surface area (Å²) in [4.78, 5) is 18.1. The van der Waals surface area contributed by atoms with Gasteiger partial charge in [0.1, 0.15) is 5.75 Å². The third-order valence-corrected chi connectivity index (χ3v) is 3.01. The Morgan fingerprint density at radius 1 is 1.06 bits per heavy atom. The lowest BCUT2D eigenvalue weighted by Gasteiger charge is -2.27. The Hall–Kier alpha value is -0.630. The van der Waals surface area contributed by atoms with E-state index in [1.165, 1.54) is 0 Å². The normalized spacial score (nSPS) is 13.7. The highest BCUT2D eigenvalue weighted by Crippen LogP contribution is 2.39. The first kappa shape index (κ1) is 13.8. The first-order valence-corrected chi connectivity index (χ1v) is 7.11. The van der Waals surface area contributed by atoms with Crippen LogP contribution in [0.3, 0.4) is 0 Å². The smallest absolute Gasteiger partial charge is 0.391 e. The molecule has 0 spiro atoms. The minimum atomic E-state index is -2.47. The minimum absolute atomic E-state index is 0.140. The second kappa shape index (κ2) is 5.16. The Bertz CT molecular complexity index is 459. The molecule has 0 aliphatic heterocycles. The predicted molar refractivity (Wildman–Crippen MR) is 75.8 cm³/mol. The lowest BCUT2D eigenvalue weighted by atomic mass is 9.80. The minimum Gasteiger partial charge on any atom is -0.427 e. The molecular formula is C14H23O3P. The van der Waals surface area contributed by atoms with Crippen LogP contribution in [0.2, 0.25) is 0 Å². The van der Waals surface area contributed by atoms with Crippen molar-refractivity contribution in [3.8, 4) is 5.75 Å². The fraction of sp³-hybridized carbons (Fsp3) is 0.571. The van der Waals surface area contributed by atoms with E-state index in [0.29, 0.717) is 17.4 Å². The first-order chi connectivity index (χ1) is 8.44. The standard InChI is InChI=1S/C14H23O3P/c1-13(2,3)10-7-8-12(17-18(15)16)11(9-10)14(4,5)6/h7-9,15-16H,1-6H3/i9D. The monoisotopic (exact) mass is 271 g/mol. The van der Waals surface area contributed by atoms with Crippen molar-refractivity contribution in [3.05, 3.63) is 29.3 Å². The van der Waals surface area contributed by atoms with Crippen LogP contribution in [0.25, 0.3) is 0 Å². The van der Waals surface area contributed by atoms with Gasteiger partial charge in [0.15, 0.2) is 0 Å². The molecule has 0 saturated heterocycles. The maximum Gasteiger partial charge on any atom is 0.391 e. The summed E-state index contributed by atoms with van der Waals surface area (Å²) in [6.07, 6.45) is 0. The molecular weight excluding hydrogens is 247 g/mol. The van der Waals surface area contributed by atoms with E-state index in [1.54, 1.807) is 6.07 Å². The number of hydrogen-bond acceptors (Lipinski definition) is 3. The average molecular weight is 271 g/mol. The SMILES string of the molecule is [2H]c1c(C(C)(C)C)ccc(OP(O)O)c1C(C)(C)C. The van der Waals surface area contributed by atoms with Crippen LogP contribution in [0.5, 0.6) is 5.75 Å². The zero-order valence-corrected chi connectivity index (χ0v) is 12.8. The fourth-order valence-corrected chi connectivity index (χ4v) is 1.97. The summed E-state index contributed by atoms with van der Waals surface area (Å²) in [6, 6.07) is 3.96. The van der Waals surface area contributed by atoms with Crippen molar-refractivity contribution >= 4 is 8.60 Å². The molecule has 2 N–H and O–H groups in total. The summed E-state index contributed by atoms with van der Waals surface area (Å²) in [5.41, 5.74) is 1.18. The fourth-order valence-electron chi connectivity index (χ4n) is 1.64. The summed E-state index contributed by atoms with van der Waals surface area (Å²) in [6.45, 7) is 12.1. The second-order valence-electron chi connectivity index (χ2n) is 6.46. The summed E-state index contributed by atoms with van der Waals surface area (Å²) >= 11 is 0. The highest BCUT2D eigenvalue weighted by molar-refractivity contribution is 7.39. The van der Waals surface area contributed by atoms with Crippen LogP contribution in [0.15, 0.2) is 18.2 Å². The van der Waals surface area contributed by atoms with Crippen molar-refractivity contribution in [3.63, 3.8) is 0 Å². The Labute approximate surface area is 112 Å². The summed E-state index contributed by atoms with van der Waals surface area (Å²) in [5.74, 6) is 0.376. The van der Waals surface area contributed by atoms with E-state index >= 15 is 0 Å². The highest BCUT2D eigenvalue weighted by atomic mass is 31.2. The van der Waals surface area contributed by atoms with Crippen molar-refractivity contribution in [1.82, 2.24) is 0 Å². The molecule has 0 bridgehead atoms. The van der Waals surface area contributed by atoms with Crippen LogP contribution in [-0.2, 0) is 10.8 Å². The molecule has 0 amide bonds. The van der Waals surface area contributed by atoms with Gasteiger partial charge in [-0.15, -0.1) is 0 Å². The van der Waals surface area contributed by atoms with E-state index in [1.807, 2.05) is 26.8 Å². The molecule has 3 nitrogen and oxygen atoms in total. The Morgan fingerprint density at radius 2 is 1.61 bits per heavy atom. The van der Waals surface area contributed by atoms with Crippen molar-refractivity contribution in [2.45, 2.75) is 52.4 Å². The second-order valence-corrected chi connectivity index (χ2v) is 7.14. The van der Waals surface area contributed by atoms with Crippen LogP contribution in [0, 0.1) is 0 Å². The van der Waals surface area contributed by atoms with Gasteiger partial charge in [-0.1, -0.05) is 53.7 Å². The van der Waals surface area contributed by atoms with Crippen LogP contribution >= 0.6 is 8.60 Å². The summed E-state index contributed by atoms with van der Waals surface area (Å²) < 4.78 is 13.5. The lowest BCUT2D eigenvalue weighted by Crippen LogP contribution is -2.17. The molecule has 1 aromatic carbocycles. The third-order valence-electron chi connectivity index (χ3n) is 2.65. The summed E-state index contributed by atoms with van der Waals surface area (Å²) in [7, 11) is -2.47. The van der Waals surface area contributed by atoms with E-state index in [9.17, 15) is 0 Å². The van der Waals surface area contributed by atoms with Gasteiger partial charge in [-0.3, -0.25) is 0 Å². The molecule has 1 rings (SSSR count). The van der Waals surface area contributed by atoms with E-state index in [2.05, 4.69) is 20.8 Å². The maximum absolute atomic E-state index is 9.05. The number of hydrogen-bond donors (Lipinski definition) is 2.